The normalized spacial score (nSPS) is 22.5. The highest BCUT2D eigenvalue weighted by molar-refractivity contribution is 6.47. The molecule has 0 aromatic heterocycles. The van der Waals surface area contributed by atoms with E-state index in [-0.39, 0.29) is 11.5 Å². The molecule has 2 rings (SSSR count). The first kappa shape index (κ1) is 14.2. The van der Waals surface area contributed by atoms with E-state index in [0.717, 1.165) is 0 Å². The van der Waals surface area contributed by atoms with Gasteiger partial charge in [-0.05, 0) is 33.8 Å². The molecule has 1 aromatic carbocycles. The zero-order chi connectivity index (χ0) is 14.4. The SMILES string of the molecule is CC1(C)OB([C@@H](N)c2cccc(O)c2O)OC1(C)C. The number of para-hydroxylation sites is 1. The van der Waals surface area contributed by atoms with Gasteiger partial charge < -0.3 is 25.3 Å². The van der Waals surface area contributed by atoms with Crippen molar-refractivity contribution in [3.8, 4) is 11.5 Å². The second-order valence-electron chi connectivity index (χ2n) is 5.87. The van der Waals surface area contributed by atoms with Crippen molar-refractivity contribution >= 4 is 7.12 Å². The van der Waals surface area contributed by atoms with Crippen LogP contribution in [-0.4, -0.2) is 28.5 Å². The van der Waals surface area contributed by atoms with Crippen molar-refractivity contribution in [1.29, 1.82) is 0 Å². The van der Waals surface area contributed by atoms with Crippen molar-refractivity contribution in [2.24, 2.45) is 5.73 Å². The third kappa shape index (κ3) is 2.31. The number of benzene rings is 1. The minimum absolute atomic E-state index is 0.204. The van der Waals surface area contributed by atoms with Crippen LogP contribution in [0.3, 0.4) is 0 Å². The Kier molecular flexibility index (Phi) is 3.29. The molecule has 4 N–H and O–H groups in total. The van der Waals surface area contributed by atoms with Crippen LogP contribution in [0.2, 0.25) is 0 Å². The minimum atomic E-state index is -0.673. The van der Waals surface area contributed by atoms with Gasteiger partial charge in [0, 0.05) is 5.56 Å². The number of aromatic hydroxyl groups is 2. The Morgan fingerprint density at radius 3 is 2.16 bits per heavy atom. The number of nitrogens with two attached hydrogens (primary N) is 1. The summed E-state index contributed by atoms with van der Waals surface area (Å²) in [6.07, 6.45) is 0. The number of hydrogen-bond donors (Lipinski definition) is 3. The van der Waals surface area contributed by atoms with Crippen LogP contribution >= 0.6 is 0 Å². The highest BCUT2D eigenvalue weighted by Crippen LogP contribution is 2.41. The summed E-state index contributed by atoms with van der Waals surface area (Å²) in [5, 5.41) is 19.4. The van der Waals surface area contributed by atoms with E-state index in [1.54, 1.807) is 12.1 Å². The Morgan fingerprint density at radius 2 is 1.63 bits per heavy atom. The molecule has 1 aliphatic heterocycles. The monoisotopic (exact) mass is 265 g/mol. The van der Waals surface area contributed by atoms with Gasteiger partial charge in [-0.3, -0.25) is 0 Å². The zero-order valence-electron chi connectivity index (χ0n) is 11.7. The van der Waals surface area contributed by atoms with E-state index in [4.69, 9.17) is 15.0 Å². The van der Waals surface area contributed by atoms with Crippen LogP contribution in [-0.2, 0) is 9.31 Å². The Balaban J connectivity index is 2.27. The predicted octanol–water partition coefficient (Wildman–Crippen LogP) is 1.73. The minimum Gasteiger partial charge on any atom is -0.504 e. The molecule has 1 aliphatic rings. The summed E-state index contributed by atoms with van der Waals surface area (Å²) in [6, 6.07) is 4.66. The molecule has 0 saturated carbocycles. The molecular formula is C13H20BNO4. The van der Waals surface area contributed by atoms with Gasteiger partial charge in [-0.1, -0.05) is 12.1 Å². The fraction of sp³-hybridized carbons (Fsp3) is 0.538. The number of hydrogen-bond acceptors (Lipinski definition) is 5. The molecule has 0 amide bonds. The largest absolute Gasteiger partial charge is 0.504 e. The van der Waals surface area contributed by atoms with Gasteiger partial charge in [-0.2, -0.15) is 0 Å². The number of phenols is 2. The van der Waals surface area contributed by atoms with E-state index in [1.807, 2.05) is 27.7 Å². The standard InChI is InChI=1S/C13H20BNO4/c1-12(2)13(3,4)19-14(18-12)11(15)8-6-5-7-9(16)10(8)17/h5-7,11,16-17H,15H2,1-4H3/t11-/m0/s1. The summed E-state index contributed by atoms with van der Waals surface area (Å²) in [7, 11) is -0.669. The fourth-order valence-corrected chi connectivity index (χ4v) is 2.00. The van der Waals surface area contributed by atoms with E-state index in [0.29, 0.717) is 5.56 Å². The first-order chi connectivity index (χ1) is 8.66. The van der Waals surface area contributed by atoms with Crippen molar-refractivity contribution in [1.82, 2.24) is 0 Å². The topological polar surface area (TPSA) is 84.9 Å². The van der Waals surface area contributed by atoms with E-state index < -0.39 is 24.3 Å². The molecule has 0 aliphatic carbocycles. The maximum absolute atomic E-state index is 9.85. The van der Waals surface area contributed by atoms with Crippen LogP contribution in [0.25, 0.3) is 0 Å². The van der Waals surface area contributed by atoms with E-state index >= 15 is 0 Å². The van der Waals surface area contributed by atoms with Crippen molar-refractivity contribution < 1.29 is 19.5 Å². The molecule has 104 valence electrons. The molecule has 1 heterocycles. The molecule has 0 unspecified atom stereocenters. The first-order valence-corrected chi connectivity index (χ1v) is 6.28. The van der Waals surface area contributed by atoms with Crippen molar-refractivity contribution in [3.05, 3.63) is 23.8 Å². The zero-order valence-corrected chi connectivity index (χ0v) is 11.7. The number of rotatable bonds is 2. The van der Waals surface area contributed by atoms with E-state index in [9.17, 15) is 10.2 Å². The molecule has 5 nitrogen and oxygen atoms in total. The maximum atomic E-state index is 9.85. The van der Waals surface area contributed by atoms with Crippen LogP contribution in [0, 0.1) is 0 Å². The number of phenolic OH excluding ortho intramolecular Hbond substituents is 2. The summed E-state index contributed by atoms with van der Waals surface area (Å²) in [5.74, 6) is -1.11. The molecule has 1 fully saturated rings. The predicted molar refractivity (Wildman–Crippen MR) is 72.8 cm³/mol. The van der Waals surface area contributed by atoms with E-state index in [1.165, 1.54) is 6.07 Å². The third-order valence-electron chi connectivity index (χ3n) is 3.97. The van der Waals surface area contributed by atoms with Crippen LogP contribution < -0.4 is 5.73 Å². The second-order valence-corrected chi connectivity index (χ2v) is 5.87. The van der Waals surface area contributed by atoms with E-state index in [2.05, 4.69) is 0 Å². The molecular weight excluding hydrogens is 245 g/mol. The maximum Gasteiger partial charge on any atom is 0.480 e. The lowest BCUT2D eigenvalue weighted by Gasteiger charge is -2.32. The van der Waals surface area contributed by atoms with Gasteiger partial charge in [0.15, 0.2) is 11.5 Å². The van der Waals surface area contributed by atoms with Crippen LogP contribution in [0.4, 0.5) is 0 Å². The average Bonchev–Trinajstić information content (AvgIpc) is 2.51. The Hall–Kier alpha value is -1.24. The molecule has 1 saturated heterocycles. The molecule has 19 heavy (non-hydrogen) atoms. The quantitative estimate of drug-likeness (QED) is 0.560. The Labute approximate surface area is 113 Å². The lowest BCUT2D eigenvalue weighted by Crippen LogP contribution is -2.41. The van der Waals surface area contributed by atoms with Crippen molar-refractivity contribution in [3.63, 3.8) is 0 Å². The summed E-state index contributed by atoms with van der Waals surface area (Å²) in [4.78, 5) is 0. The smallest absolute Gasteiger partial charge is 0.480 e. The molecule has 0 bridgehead atoms. The van der Waals surface area contributed by atoms with Gasteiger partial charge >= 0.3 is 7.12 Å². The summed E-state index contributed by atoms with van der Waals surface area (Å²) in [5.41, 5.74) is 5.52. The van der Waals surface area contributed by atoms with Crippen LogP contribution in [0.5, 0.6) is 11.5 Å². The van der Waals surface area contributed by atoms with Gasteiger partial charge in [-0.25, -0.2) is 0 Å². The second kappa shape index (κ2) is 4.40. The van der Waals surface area contributed by atoms with Crippen LogP contribution in [0.1, 0.15) is 39.2 Å². The highest BCUT2D eigenvalue weighted by atomic mass is 16.7. The summed E-state index contributed by atoms with van der Waals surface area (Å²) < 4.78 is 11.7. The van der Waals surface area contributed by atoms with Crippen LogP contribution in [0.15, 0.2) is 18.2 Å². The molecule has 0 spiro atoms. The average molecular weight is 265 g/mol. The highest BCUT2D eigenvalue weighted by Gasteiger charge is 2.53. The Morgan fingerprint density at radius 1 is 1.11 bits per heavy atom. The third-order valence-corrected chi connectivity index (χ3v) is 3.97. The van der Waals surface area contributed by atoms with Gasteiger partial charge in [0.1, 0.15) is 0 Å². The molecule has 6 heteroatoms. The lowest BCUT2D eigenvalue weighted by molar-refractivity contribution is 0.00578. The molecule has 1 aromatic rings. The van der Waals surface area contributed by atoms with Gasteiger partial charge in [-0.15, -0.1) is 0 Å². The molecule has 1 atom stereocenters. The Bertz CT molecular complexity index is 474. The van der Waals surface area contributed by atoms with Gasteiger partial charge in [0.05, 0.1) is 17.1 Å². The van der Waals surface area contributed by atoms with Gasteiger partial charge in [0.25, 0.3) is 0 Å². The van der Waals surface area contributed by atoms with Crippen molar-refractivity contribution in [2.75, 3.05) is 0 Å². The fourth-order valence-electron chi connectivity index (χ4n) is 2.00. The lowest BCUT2D eigenvalue weighted by atomic mass is 9.74. The first-order valence-electron chi connectivity index (χ1n) is 6.28. The summed E-state index contributed by atoms with van der Waals surface area (Å²) in [6.45, 7) is 7.73. The van der Waals surface area contributed by atoms with Gasteiger partial charge in [0.2, 0.25) is 0 Å². The van der Waals surface area contributed by atoms with Crippen molar-refractivity contribution in [2.45, 2.75) is 44.8 Å². The summed E-state index contributed by atoms with van der Waals surface area (Å²) >= 11 is 0. The molecule has 0 radical (unpaired) electrons.